The first kappa shape index (κ1) is 10.6. The highest BCUT2D eigenvalue weighted by molar-refractivity contribution is 9.11. The normalized spacial score (nSPS) is 10.1. The molecule has 0 saturated heterocycles. The third kappa shape index (κ3) is 3.06. The Morgan fingerprint density at radius 1 is 1.77 bits per heavy atom. The molecule has 1 N–H and O–H groups in total. The van der Waals surface area contributed by atoms with Gasteiger partial charge in [0, 0.05) is 14.0 Å². The number of hydrogen-bond acceptors (Lipinski definition) is 4. The van der Waals surface area contributed by atoms with E-state index in [9.17, 15) is 4.79 Å². The van der Waals surface area contributed by atoms with Crippen molar-refractivity contribution in [2.75, 3.05) is 12.4 Å². The maximum atomic E-state index is 10.7. The Morgan fingerprint density at radius 3 is 3.00 bits per heavy atom. The second-order valence-corrected chi connectivity index (χ2v) is 4.67. The van der Waals surface area contributed by atoms with Crippen LogP contribution in [0, 0.1) is 0 Å². The fraction of sp³-hybridized carbons (Fsp3) is 0.429. The first-order valence-electron chi connectivity index (χ1n) is 3.55. The third-order valence-electron chi connectivity index (χ3n) is 1.21. The van der Waals surface area contributed by atoms with E-state index >= 15 is 0 Å². The van der Waals surface area contributed by atoms with E-state index in [2.05, 4.69) is 26.2 Å². The molecule has 0 spiro atoms. The minimum absolute atomic E-state index is 0.120. The van der Waals surface area contributed by atoms with Crippen LogP contribution in [0.15, 0.2) is 3.79 Å². The average Bonchev–Trinajstić information content (AvgIpc) is 2.31. The molecule has 0 aromatic carbocycles. The number of aromatic nitrogens is 1. The van der Waals surface area contributed by atoms with E-state index in [1.807, 2.05) is 0 Å². The molecule has 1 aromatic rings. The molecule has 0 saturated carbocycles. The molecule has 1 aromatic heterocycles. The monoisotopic (exact) mass is 264 g/mol. The van der Waals surface area contributed by atoms with Gasteiger partial charge in [0.1, 0.15) is 0 Å². The quantitative estimate of drug-likeness (QED) is 0.909. The Balaban J connectivity index is 2.76. The number of carbonyl (C=O) groups is 1. The first-order chi connectivity index (χ1) is 6.13. The van der Waals surface area contributed by atoms with E-state index in [0.29, 0.717) is 11.7 Å². The maximum absolute atomic E-state index is 10.7. The van der Waals surface area contributed by atoms with Gasteiger partial charge in [-0.15, -0.1) is 0 Å². The predicted molar refractivity (Wildman–Crippen MR) is 54.8 cm³/mol. The van der Waals surface area contributed by atoms with Crippen LogP contribution >= 0.6 is 27.3 Å². The summed E-state index contributed by atoms with van der Waals surface area (Å²) in [5.74, 6) is -0.120. The molecular formula is C7H9BrN2O2S. The smallest absolute Gasteiger partial charge is 0.223 e. The summed E-state index contributed by atoms with van der Waals surface area (Å²) in [5.41, 5.74) is 0.802. The number of nitrogens with one attached hydrogen (secondary N) is 1. The Morgan fingerprint density at radius 2 is 2.46 bits per heavy atom. The summed E-state index contributed by atoms with van der Waals surface area (Å²) in [6.07, 6.45) is 0. The summed E-state index contributed by atoms with van der Waals surface area (Å²) in [6.45, 7) is 1.89. The standard InChI is InChI=1S/C7H9BrN2O2S/c1-4(11)9-7-10-5(3-12-2)6(8)13-7/h3H2,1-2H3,(H,9,10,11). The highest BCUT2D eigenvalue weighted by Gasteiger charge is 2.08. The number of halogens is 1. The number of rotatable bonds is 3. The lowest BCUT2D eigenvalue weighted by atomic mass is 10.5. The van der Waals surface area contributed by atoms with Gasteiger partial charge in [0.15, 0.2) is 5.13 Å². The van der Waals surface area contributed by atoms with Crippen molar-refractivity contribution in [3.8, 4) is 0 Å². The Hall–Kier alpha value is -0.460. The summed E-state index contributed by atoms with van der Waals surface area (Å²) in [7, 11) is 1.60. The number of hydrogen-bond donors (Lipinski definition) is 1. The topological polar surface area (TPSA) is 51.2 Å². The van der Waals surface area contributed by atoms with Crippen molar-refractivity contribution < 1.29 is 9.53 Å². The lowest BCUT2D eigenvalue weighted by Crippen LogP contribution is -2.05. The van der Waals surface area contributed by atoms with Crippen LogP contribution in [0.4, 0.5) is 5.13 Å². The lowest BCUT2D eigenvalue weighted by Gasteiger charge is -1.93. The van der Waals surface area contributed by atoms with Gasteiger partial charge in [-0.3, -0.25) is 4.79 Å². The van der Waals surface area contributed by atoms with Crippen LogP contribution in [-0.4, -0.2) is 18.0 Å². The lowest BCUT2D eigenvalue weighted by molar-refractivity contribution is -0.114. The van der Waals surface area contributed by atoms with Crippen LogP contribution in [0.2, 0.25) is 0 Å². The maximum Gasteiger partial charge on any atom is 0.223 e. The van der Waals surface area contributed by atoms with Gasteiger partial charge in [0.2, 0.25) is 5.91 Å². The van der Waals surface area contributed by atoms with Crippen molar-refractivity contribution in [1.82, 2.24) is 4.98 Å². The van der Waals surface area contributed by atoms with Crippen molar-refractivity contribution in [3.05, 3.63) is 9.48 Å². The summed E-state index contributed by atoms with van der Waals surface area (Å²) in [5, 5.41) is 3.20. The molecule has 0 atom stereocenters. The van der Waals surface area contributed by atoms with E-state index in [1.165, 1.54) is 18.3 Å². The van der Waals surface area contributed by atoms with Crippen molar-refractivity contribution in [3.63, 3.8) is 0 Å². The summed E-state index contributed by atoms with van der Waals surface area (Å²) >= 11 is 4.71. The van der Waals surface area contributed by atoms with Crippen molar-refractivity contribution in [2.45, 2.75) is 13.5 Å². The Labute approximate surface area is 88.4 Å². The van der Waals surface area contributed by atoms with E-state index in [0.717, 1.165) is 9.48 Å². The van der Waals surface area contributed by atoms with Crippen LogP contribution in [0.1, 0.15) is 12.6 Å². The Bertz CT molecular complexity index is 313. The second-order valence-electron chi connectivity index (χ2n) is 2.35. The van der Waals surface area contributed by atoms with Crippen molar-refractivity contribution in [1.29, 1.82) is 0 Å². The zero-order valence-corrected chi connectivity index (χ0v) is 9.66. The number of thiazole rings is 1. The van der Waals surface area contributed by atoms with E-state index in [4.69, 9.17) is 4.74 Å². The number of ether oxygens (including phenoxy) is 1. The number of carbonyl (C=O) groups excluding carboxylic acids is 1. The van der Waals surface area contributed by atoms with Gasteiger partial charge in [-0.25, -0.2) is 4.98 Å². The molecule has 4 nitrogen and oxygen atoms in total. The first-order valence-corrected chi connectivity index (χ1v) is 5.16. The Kier molecular flexibility index (Phi) is 3.83. The predicted octanol–water partition coefficient (Wildman–Crippen LogP) is 2.01. The van der Waals surface area contributed by atoms with Gasteiger partial charge >= 0.3 is 0 Å². The second kappa shape index (κ2) is 4.69. The highest BCUT2D eigenvalue weighted by atomic mass is 79.9. The van der Waals surface area contributed by atoms with Gasteiger partial charge in [0.25, 0.3) is 0 Å². The van der Waals surface area contributed by atoms with Crippen molar-refractivity contribution >= 4 is 38.3 Å². The molecule has 1 heterocycles. The molecule has 0 bridgehead atoms. The zero-order valence-electron chi connectivity index (χ0n) is 7.26. The molecule has 13 heavy (non-hydrogen) atoms. The number of nitrogens with zero attached hydrogens (tertiary/aromatic N) is 1. The van der Waals surface area contributed by atoms with E-state index in [-0.39, 0.29) is 5.91 Å². The SMILES string of the molecule is COCc1nc(NC(C)=O)sc1Br. The third-order valence-corrected chi connectivity index (χ3v) is 2.96. The number of methoxy groups -OCH3 is 1. The molecule has 0 radical (unpaired) electrons. The fourth-order valence-electron chi connectivity index (χ4n) is 0.763. The minimum Gasteiger partial charge on any atom is -0.378 e. The van der Waals surface area contributed by atoms with Gasteiger partial charge < -0.3 is 10.1 Å². The van der Waals surface area contributed by atoms with Crippen LogP contribution in [-0.2, 0) is 16.1 Å². The largest absolute Gasteiger partial charge is 0.378 e. The molecule has 0 aliphatic carbocycles. The van der Waals surface area contributed by atoms with Crippen LogP contribution < -0.4 is 5.32 Å². The fourth-order valence-corrected chi connectivity index (χ4v) is 2.17. The molecule has 1 amide bonds. The van der Waals surface area contributed by atoms with E-state index < -0.39 is 0 Å². The average molecular weight is 265 g/mol. The van der Waals surface area contributed by atoms with Crippen LogP contribution in [0.3, 0.4) is 0 Å². The van der Waals surface area contributed by atoms with Crippen molar-refractivity contribution in [2.24, 2.45) is 0 Å². The van der Waals surface area contributed by atoms with Gasteiger partial charge in [-0.2, -0.15) is 0 Å². The van der Waals surface area contributed by atoms with Gasteiger partial charge in [-0.05, 0) is 15.9 Å². The minimum atomic E-state index is -0.120. The summed E-state index contributed by atoms with van der Waals surface area (Å²) in [4.78, 5) is 14.9. The summed E-state index contributed by atoms with van der Waals surface area (Å²) < 4.78 is 5.82. The molecule has 1 rings (SSSR count). The molecule has 0 fully saturated rings. The van der Waals surface area contributed by atoms with Gasteiger partial charge in [-0.1, -0.05) is 11.3 Å². The zero-order chi connectivity index (χ0) is 9.84. The molecule has 72 valence electrons. The van der Waals surface area contributed by atoms with Crippen LogP contribution in [0.5, 0.6) is 0 Å². The van der Waals surface area contributed by atoms with E-state index in [1.54, 1.807) is 7.11 Å². The molecule has 6 heteroatoms. The van der Waals surface area contributed by atoms with Crippen LogP contribution in [0.25, 0.3) is 0 Å². The molecule has 0 aliphatic heterocycles. The molecular weight excluding hydrogens is 256 g/mol. The van der Waals surface area contributed by atoms with Gasteiger partial charge in [0.05, 0.1) is 16.1 Å². The number of amides is 1. The summed E-state index contributed by atoms with van der Waals surface area (Å²) in [6, 6.07) is 0. The molecule has 0 unspecified atom stereocenters. The molecule has 0 aliphatic rings. The highest BCUT2D eigenvalue weighted by Crippen LogP contribution is 2.28. The number of anilines is 1.